The van der Waals surface area contributed by atoms with Crippen molar-refractivity contribution in [3.05, 3.63) is 53.9 Å². The summed E-state index contributed by atoms with van der Waals surface area (Å²) in [7, 11) is 0. The van der Waals surface area contributed by atoms with E-state index in [4.69, 9.17) is 4.74 Å². The number of pyridine rings is 1. The zero-order chi connectivity index (χ0) is 21.8. The molecule has 2 saturated heterocycles. The van der Waals surface area contributed by atoms with E-state index in [-0.39, 0.29) is 23.6 Å². The van der Waals surface area contributed by atoms with Crippen molar-refractivity contribution in [2.45, 2.75) is 44.3 Å². The maximum absolute atomic E-state index is 13.4. The van der Waals surface area contributed by atoms with Crippen molar-refractivity contribution < 1.29 is 18.3 Å². The van der Waals surface area contributed by atoms with E-state index in [9.17, 15) is 13.6 Å². The number of ether oxygens (including phenoxy) is 1. The molecular formula is C23H28F2N4O2. The number of piperidine rings is 1. The van der Waals surface area contributed by atoms with Crippen molar-refractivity contribution in [3.63, 3.8) is 0 Å². The van der Waals surface area contributed by atoms with Crippen molar-refractivity contribution in [1.29, 1.82) is 0 Å². The molecule has 2 fully saturated rings. The van der Waals surface area contributed by atoms with E-state index >= 15 is 0 Å². The van der Waals surface area contributed by atoms with E-state index in [1.807, 2.05) is 0 Å². The SMILES string of the molecule is CC(F)(F)c1ccc(N2CCC(Oc3ccc(C(=O)N[C@H]4CCNC4)nc3)CC2)cc1. The number of hydrogen-bond donors (Lipinski definition) is 2. The van der Waals surface area contributed by atoms with Crippen LogP contribution in [0.2, 0.25) is 0 Å². The van der Waals surface area contributed by atoms with Crippen LogP contribution in [0.15, 0.2) is 42.6 Å². The molecule has 2 aliphatic rings. The van der Waals surface area contributed by atoms with Gasteiger partial charge in [0.15, 0.2) is 0 Å². The second kappa shape index (κ2) is 9.18. The van der Waals surface area contributed by atoms with Crippen molar-refractivity contribution in [3.8, 4) is 5.75 Å². The summed E-state index contributed by atoms with van der Waals surface area (Å²) in [5.41, 5.74) is 1.36. The number of carbonyl (C=O) groups is 1. The quantitative estimate of drug-likeness (QED) is 0.736. The van der Waals surface area contributed by atoms with Crippen LogP contribution in [-0.2, 0) is 5.92 Å². The second-order valence-corrected chi connectivity index (χ2v) is 8.28. The minimum absolute atomic E-state index is 0.0269. The van der Waals surface area contributed by atoms with Gasteiger partial charge in [-0.1, -0.05) is 12.1 Å². The van der Waals surface area contributed by atoms with Gasteiger partial charge in [0.1, 0.15) is 17.5 Å². The molecule has 1 aromatic heterocycles. The van der Waals surface area contributed by atoms with Gasteiger partial charge in [0.2, 0.25) is 0 Å². The van der Waals surface area contributed by atoms with E-state index < -0.39 is 5.92 Å². The Labute approximate surface area is 181 Å². The van der Waals surface area contributed by atoms with Gasteiger partial charge in [-0.25, -0.2) is 13.8 Å². The molecule has 31 heavy (non-hydrogen) atoms. The minimum Gasteiger partial charge on any atom is -0.489 e. The fourth-order valence-corrected chi connectivity index (χ4v) is 4.01. The molecule has 0 spiro atoms. The van der Waals surface area contributed by atoms with E-state index in [0.717, 1.165) is 58.1 Å². The summed E-state index contributed by atoms with van der Waals surface area (Å²) in [5, 5.41) is 6.19. The van der Waals surface area contributed by atoms with Gasteiger partial charge in [0, 0.05) is 56.7 Å². The monoisotopic (exact) mass is 430 g/mol. The molecule has 1 atom stereocenters. The third-order valence-corrected chi connectivity index (χ3v) is 5.85. The van der Waals surface area contributed by atoms with Gasteiger partial charge in [-0.15, -0.1) is 0 Å². The number of nitrogens with one attached hydrogen (secondary N) is 2. The molecule has 2 aliphatic heterocycles. The summed E-state index contributed by atoms with van der Waals surface area (Å²) in [5.74, 6) is -2.34. The lowest BCUT2D eigenvalue weighted by Gasteiger charge is -2.33. The number of rotatable bonds is 6. The molecule has 2 aromatic rings. The van der Waals surface area contributed by atoms with Gasteiger partial charge in [-0.2, -0.15) is 0 Å². The third kappa shape index (κ3) is 5.50. The molecule has 0 aliphatic carbocycles. The molecule has 8 heteroatoms. The first kappa shape index (κ1) is 21.5. The zero-order valence-electron chi connectivity index (χ0n) is 17.6. The van der Waals surface area contributed by atoms with Crippen LogP contribution < -0.4 is 20.3 Å². The first-order valence-electron chi connectivity index (χ1n) is 10.8. The molecule has 3 heterocycles. The smallest absolute Gasteiger partial charge is 0.270 e. The highest BCUT2D eigenvalue weighted by atomic mass is 19.3. The fourth-order valence-electron chi connectivity index (χ4n) is 4.01. The summed E-state index contributed by atoms with van der Waals surface area (Å²) in [6.07, 6.45) is 4.23. The number of anilines is 1. The Morgan fingerprint density at radius 3 is 2.48 bits per heavy atom. The number of hydrogen-bond acceptors (Lipinski definition) is 5. The van der Waals surface area contributed by atoms with Crippen LogP contribution in [0.4, 0.5) is 14.5 Å². The summed E-state index contributed by atoms with van der Waals surface area (Å²) in [4.78, 5) is 18.7. The van der Waals surface area contributed by atoms with E-state index in [0.29, 0.717) is 11.4 Å². The maximum atomic E-state index is 13.4. The van der Waals surface area contributed by atoms with Crippen molar-refractivity contribution in [2.24, 2.45) is 0 Å². The molecular weight excluding hydrogens is 402 g/mol. The predicted octanol–water partition coefficient (Wildman–Crippen LogP) is 3.33. The average molecular weight is 430 g/mol. The number of nitrogens with zero attached hydrogens (tertiary/aromatic N) is 2. The lowest BCUT2D eigenvalue weighted by molar-refractivity contribution is 0.0175. The predicted molar refractivity (Wildman–Crippen MR) is 115 cm³/mol. The van der Waals surface area contributed by atoms with Crippen LogP contribution in [0.1, 0.15) is 42.2 Å². The Kier molecular flexibility index (Phi) is 6.36. The van der Waals surface area contributed by atoms with Crippen LogP contribution in [-0.4, -0.2) is 49.2 Å². The molecule has 0 unspecified atom stereocenters. The molecule has 0 bridgehead atoms. The molecule has 166 valence electrons. The lowest BCUT2D eigenvalue weighted by Crippen LogP contribution is -2.38. The van der Waals surface area contributed by atoms with Gasteiger partial charge in [-0.3, -0.25) is 4.79 Å². The van der Waals surface area contributed by atoms with Crippen molar-refractivity contribution >= 4 is 11.6 Å². The Morgan fingerprint density at radius 1 is 1.16 bits per heavy atom. The molecule has 0 saturated carbocycles. The largest absolute Gasteiger partial charge is 0.489 e. The van der Waals surface area contributed by atoms with Gasteiger partial charge >= 0.3 is 0 Å². The number of carbonyl (C=O) groups excluding carboxylic acids is 1. The second-order valence-electron chi connectivity index (χ2n) is 8.28. The first-order valence-corrected chi connectivity index (χ1v) is 10.8. The topological polar surface area (TPSA) is 66.5 Å². The Bertz CT molecular complexity index is 870. The highest BCUT2D eigenvalue weighted by Gasteiger charge is 2.25. The minimum atomic E-state index is -2.82. The van der Waals surface area contributed by atoms with Gasteiger partial charge in [0.05, 0.1) is 6.20 Å². The average Bonchev–Trinajstić information content (AvgIpc) is 3.27. The van der Waals surface area contributed by atoms with Crippen molar-refractivity contribution in [1.82, 2.24) is 15.6 Å². The van der Waals surface area contributed by atoms with E-state index in [1.54, 1.807) is 30.5 Å². The van der Waals surface area contributed by atoms with Crippen LogP contribution >= 0.6 is 0 Å². The summed E-state index contributed by atoms with van der Waals surface area (Å²) in [6, 6.07) is 10.1. The first-order chi connectivity index (χ1) is 14.9. The van der Waals surface area contributed by atoms with Crippen molar-refractivity contribution in [2.75, 3.05) is 31.1 Å². The molecule has 1 aromatic carbocycles. The number of benzene rings is 1. The number of amides is 1. The number of aromatic nitrogens is 1. The Hall–Kier alpha value is -2.74. The fraction of sp³-hybridized carbons (Fsp3) is 0.478. The number of alkyl halides is 2. The summed E-state index contributed by atoms with van der Waals surface area (Å²) >= 11 is 0. The molecule has 0 radical (unpaired) electrons. The van der Waals surface area contributed by atoms with Crippen LogP contribution in [0.3, 0.4) is 0 Å². The van der Waals surface area contributed by atoms with Crippen LogP contribution in [0.5, 0.6) is 5.75 Å². The normalized spacial score (nSPS) is 20.0. The van der Waals surface area contributed by atoms with Gasteiger partial charge < -0.3 is 20.3 Å². The Morgan fingerprint density at radius 2 is 1.90 bits per heavy atom. The van der Waals surface area contributed by atoms with Crippen LogP contribution in [0, 0.1) is 0 Å². The van der Waals surface area contributed by atoms with Crippen LogP contribution in [0.25, 0.3) is 0 Å². The van der Waals surface area contributed by atoms with E-state index in [1.165, 1.54) is 12.1 Å². The van der Waals surface area contributed by atoms with E-state index in [2.05, 4.69) is 20.5 Å². The molecule has 1 amide bonds. The highest BCUT2D eigenvalue weighted by molar-refractivity contribution is 5.92. The number of halogens is 2. The van der Waals surface area contributed by atoms with Gasteiger partial charge in [0.25, 0.3) is 11.8 Å². The Balaban J connectivity index is 1.26. The third-order valence-electron chi connectivity index (χ3n) is 5.85. The lowest BCUT2D eigenvalue weighted by atomic mass is 10.1. The molecule has 6 nitrogen and oxygen atoms in total. The molecule has 2 N–H and O–H groups in total. The van der Waals surface area contributed by atoms with Gasteiger partial charge in [-0.05, 0) is 37.2 Å². The maximum Gasteiger partial charge on any atom is 0.270 e. The summed E-state index contributed by atoms with van der Waals surface area (Å²) in [6.45, 7) is 4.20. The molecule has 4 rings (SSSR count). The zero-order valence-corrected chi connectivity index (χ0v) is 17.6. The standard InChI is InChI=1S/C23H28F2N4O2/c1-23(24,25)16-2-4-18(5-3-16)29-12-9-19(10-13-29)31-20-6-7-21(27-15-20)22(30)28-17-8-11-26-14-17/h2-7,15,17,19,26H,8-14H2,1H3,(H,28,30)/t17-/m0/s1. The summed E-state index contributed by atoms with van der Waals surface area (Å²) < 4.78 is 32.8. The highest BCUT2D eigenvalue weighted by Crippen LogP contribution is 2.29.